The first-order chi connectivity index (χ1) is 13.6. The first kappa shape index (κ1) is 21.2. The number of benzene rings is 2. The van der Waals surface area contributed by atoms with Crippen molar-refractivity contribution in [2.45, 2.75) is 44.4 Å². The normalized spacial score (nSPS) is 16.0. The van der Waals surface area contributed by atoms with Crippen LogP contribution in [0.3, 0.4) is 0 Å². The van der Waals surface area contributed by atoms with Crippen molar-refractivity contribution in [2.24, 2.45) is 5.92 Å². The molecule has 0 aliphatic heterocycles. The molecule has 1 aliphatic rings. The smallest absolute Gasteiger partial charge is 0.0879 e. The maximum absolute atomic E-state index is 10.2. The predicted molar refractivity (Wildman–Crippen MR) is 118 cm³/mol. The van der Waals surface area contributed by atoms with Crippen molar-refractivity contribution in [3.05, 3.63) is 69.7 Å². The molecular formula is C24H28Cl2N2. The van der Waals surface area contributed by atoms with Crippen LogP contribution in [0.4, 0.5) is 0 Å². The van der Waals surface area contributed by atoms with Gasteiger partial charge in [-0.15, -0.1) is 0 Å². The van der Waals surface area contributed by atoms with Gasteiger partial charge in [-0.05, 0) is 68.8 Å². The fourth-order valence-electron chi connectivity index (χ4n) is 4.18. The molecule has 0 spiro atoms. The number of rotatable bonds is 10. The van der Waals surface area contributed by atoms with Gasteiger partial charge in [0.2, 0.25) is 0 Å². The highest BCUT2D eigenvalue weighted by Crippen LogP contribution is 2.53. The molecule has 4 heteroatoms. The molecule has 0 N–H and O–H groups in total. The van der Waals surface area contributed by atoms with Gasteiger partial charge in [-0.3, -0.25) is 0 Å². The molecule has 2 aromatic carbocycles. The summed E-state index contributed by atoms with van der Waals surface area (Å²) in [5.74, 6) is 0.370. The van der Waals surface area contributed by atoms with Gasteiger partial charge in [0, 0.05) is 22.2 Å². The first-order valence-electron chi connectivity index (χ1n) is 10.2. The highest BCUT2D eigenvalue weighted by molar-refractivity contribution is 6.36. The van der Waals surface area contributed by atoms with Crippen LogP contribution in [0, 0.1) is 17.2 Å². The molecule has 0 aromatic heterocycles. The van der Waals surface area contributed by atoms with E-state index < -0.39 is 5.41 Å². The number of halogens is 2. The van der Waals surface area contributed by atoms with Gasteiger partial charge >= 0.3 is 0 Å². The second-order valence-electron chi connectivity index (χ2n) is 7.73. The molecule has 2 aromatic rings. The molecule has 1 atom stereocenters. The van der Waals surface area contributed by atoms with E-state index in [0.29, 0.717) is 16.0 Å². The number of nitrogens with zero attached hydrogens (tertiary/aromatic N) is 2. The molecule has 0 heterocycles. The monoisotopic (exact) mass is 414 g/mol. The summed E-state index contributed by atoms with van der Waals surface area (Å²) in [4.78, 5) is 2.47. The van der Waals surface area contributed by atoms with Gasteiger partial charge in [0.25, 0.3) is 0 Å². The predicted octanol–water partition coefficient (Wildman–Crippen LogP) is 6.51. The second kappa shape index (κ2) is 9.79. The maximum atomic E-state index is 10.2. The molecule has 0 bridgehead atoms. The summed E-state index contributed by atoms with van der Waals surface area (Å²) in [6.45, 7) is 5.24. The Hall–Kier alpha value is -1.53. The average molecular weight is 415 g/mol. The number of hydrogen-bond acceptors (Lipinski definition) is 2. The molecule has 28 heavy (non-hydrogen) atoms. The van der Waals surface area contributed by atoms with Crippen molar-refractivity contribution in [2.75, 3.05) is 19.6 Å². The standard InChI is InChI=1S/C24H28Cl2N2/c1-2-28(17-14-19-8-4-3-5-9-19)16-7-15-24(18-27,20-12-13-20)23-21(25)10-6-11-22(23)26/h3-6,8-11,20H,2,7,12-17H2,1H3. The van der Waals surface area contributed by atoms with Gasteiger partial charge < -0.3 is 4.90 Å². The summed E-state index contributed by atoms with van der Waals surface area (Å²) in [5.41, 5.74) is 1.65. The van der Waals surface area contributed by atoms with E-state index in [-0.39, 0.29) is 0 Å². The van der Waals surface area contributed by atoms with E-state index in [2.05, 4.69) is 48.2 Å². The zero-order chi connectivity index (χ0) is 20.0. The molecule has 3 rings (SSSR count). The summed E-state index contributed by atoms with van der Waals surface area (Å²) in [7, 11) is 0. The van der Waals surface area contributed by atoms with Crippen LogP contribution in [0.25, 0.3) is 0 Å². The van der Waals surface area contributed by atoms with Crippen LogP contribution in [0.2, 0.25) is 10.0 Å². The third-order valence-electron chi connectivity index (χ3n) is 5.93. The third kappa shape index (κ3) is 4.90. The fraction of sp³-hybridized carbons (Fsp3) is 0.458. The van der Waals surface area contributed by atoms with Crippen LogP contribution in [0.15, 0.2) is 48.5 Å². The lowest BCUT2D eigenvalue weighted by molar-refractivity contribution is 0.272. The topological polar surface area (TPSA) is 27.0 Å². The Balaban J connectivity index is 1.65. The second-order valence-corrected chi connectivity index (χ2v) is 8.54. The first-order valence-corrected chi connectivity index (χ1v) is 11.0. The minimum absolute atomic E-state index is 0.370. The molecule has 1 unspecified atom stereocenters. The number of nitriles is 1. The SMILES string of the molecule is CCN(CCCC(C#N)(c1c(Cl)cccc1Cl)C1CC1)CCc1ccccc1. The van der Waals surface area contributed by atoms with Gasteiger partial charge in [0.1, 0.15) is 0 Å². The van der Waals surface area contributed by atoms with Crippen molar-refractivity contribution in [1.29, 1.82) is 5.26 Å². The Morgan fingerprint density at radius 1 is 1.04 bits per heavy atom. The summed E-state index contributed by atoms with van der Waals surface area (Å²) >= 11 is 13.0. The summed E-state index contributed by atoms with van der Waals surface area (Å²) < 4.78 is 0. The minimum atomic E-state index is -0.561. The van der Waals surface area contributed by atoms with E-state index in [4.69, 9.17) is 23.2 Å². The number of likely N-dealkylation sites (N-methyl/N-ethyl adjacent to an activating group) is 1. The Morgan fingerprint density at radius 2 is 1.71 bits per heavy atom. The van der Waals surface area contributed by atoms with Gasteiger partial charge in [0.15, 0.2) is 0 Å². The Labute approximate surface area is 179 Å². The molecule has 0 saturated heterocycles. The lowest BCUT2D eigenvalue weighted by Crippen LogP contribution is -2.32. The molecule has 1 saturated carbocycles. The van der Waals surface area contributed by atoms with Crippen LogP contribution in [0.5, 0.6) is 0 Å². The van der Waals surface area contributed by atoms with Crippen LogP contribution in [-0.4, -0.2) is 24.5 Å². The van der Waals surface area contributed by atoms with Crippen LogP contribution in [-0.2, 0) is 11.8 Å². The van der Waals surface area contributed by atoms with Crippen LogP contribution < -0.4 is 0 Å². The molecule has 2 nitrogen and oxygen atoms in total. The quantitative estimate of drug-likeness (QED) is 0.442. The highest BCUT2D eigenvalue weighted by Gasteiger charge is 2.48. The van der Waals surface area contributed by atoms with E-state index in [9.17, 15) is 5.26 Å². The third-order valence-corrected chi connectivity index (χ3v) is 6.56. The molecule has 0 radical (unpaired) electrons. The van der Waals surface area contributed by atoms with Gasteiger partial charge in [-0.2, -0.15) is 5.26 Å². The zero-order valence-electron chi connectivity index (χ0n) is 16.5. The van der Waals surface area contributed by atoms with E-state index in [1.807, 2.05) is 18.2 Å². The summed E-state index contributed by atoms with van der Waals surface area (Å²) in [6, 6.07) is 18.8. The fourth-order valence-corrected chi connectivity index (χ4v) is 4.91. The van der Waals surface area contributed by atoms with Crippen LogP contribution >= 0.6 is 23.2 Å². The Kier molecular flexibility index (Phi) is 7.41. The van der Waals surface area contributed by atoms with Crippen molar-refractivity contribution < 1.29 is 0 Å². The Morgan fingerprint density at radius 3 is 2.29 bits per heavy atom. The molecule has 1 fully saturated rings. The van der Waals surface area contributed by atoms with E-state index in [0.717, 1.165) is 57.3 Å². The minimum Gasteiger partial charge on any atom is -0.303 e. The lowest BCUT2D eigenvalue weighted by Gasteiger charge is -2.30. The maximum Gasteiger partial charge on any atom is 0.0879 e. The van der Waals surface area contributed by atoms with Crippen molar-refractivity contribution in [3.8, 4) is 6.07 Å². The van der Waals surface area contributed by atoms with E-state index >= 15 is 0 Å². The Bertz CT molecular complexity index is 791. The number of hydrogen-bond donors (Lipinski definition) is 0. The lowest BCUT2D eigenvalue weighted by atomic mass is 9.73. The molecule has 0 amide bonds. The highest BCUT2D eigenvalue weighted by atomic mass is 35.5. The molecular weight excluding hydrogens is 387 g/mol. The van der Waals surface area contributed by atoms with Gasteiger partial charge in [0.05, 0.1) is 11.5 Å². The van der Waals surface area contributed by atoms with Crippen molar-refractivity contribution in [1.82, 2.24) is 4.90 Å². The molecule has 148 valence electrons. The summed E-state index contributed by atoms with van der Waals surface area (Å²) in [6.07, 6.45) is 4.99. The van der Waals surface area contributed by atoms with Crippen molar-refractivity contribution >= 4 is 23.2 Å². The van der Waals surface area contributed by atoms with E-state index in [1.54, 1.807) is 0 Å². The molecule has 1 aliphatic carbocycles. The van der Waals surface area contributed by atoms with Crippen molar-refractivity contribution in [3.63, 3.8) is 0 Å². The largest absolute Gasteiger partial charge is 0.303 e. The summed E-state index contributed by atoms with van der Waals surface area (Å²) in [5, 5.41) is 11.4. The van der Waals surface area contributed by atoms with Crippen LogP contribution in [0.1, 0.15) is 43.7 Å². The average Bonchev–Trinajstić information content (AvgIpc) is 3.55. The van der Waals surface area contributed by atoms with Gasteiger partial charge in [-0.25, -0.2) is 0 Å². The van der Waals surface area contributed by atoms with E-state index in [1.165, 1.54) is 5.56 Å². The zero-order valence-corrected chi connectivity index (χ0v) is 18.0. The van der Waals surface area contributed by atoms with Gasteiger partial charge in [-0.1, -0.05) is 66.5 Å².